The Hall–Kier alpha value is -0.910. The molecule has 5 rings (SSSR count). The van der Waals surface area contributed by atoms with Crippen molar-refractivity contribution in [2.45, 2.75) is 75.5 Å². The minimum Gasteiger partial charge on any atom is -0.356 e. The van der Waals surface area contributed by atoms with Crippen LogP contribution in [-0.2, 0) is 11.2 Å². The van der Waals surface area contributed by atoms with Crippen molar-refractivity contribution in [2.75, 3.05) is 6.54 Å². The quantitative estimate of drug-likeness (QED) is 0.569. The Balaban J connectivity index is 1.29. The molecular formula is C19H28BrN3O2. The van der Waals surface area contributed by atoms with E-state index in [2.05, 4.69) is 45.2 Å². The summed E-state index contributed by atoms with van der Waals surface area (Å²) in [5, 5.41) is 7.19. The largest absolute Gasteiger partial charge is 0.356 e. The fraction of sp³-hybridized carbons (Fsp3) is 0.842. The van der Waals surface area contributed by atoms with Crippen LogP contribution in [0, 0.1) is 17.3 Å². The van der Waals surface area contributed by atoms with E-state index < -0.39 is 0 Å². The fourth-order valence-corrected chi connectivity index (χ4v) is 7.10. The van der Waals surface area contributed by atoms with Crippen LogP contribution < -0.4 is 5.32 Å². The second kappa shape index (κ2) is 6.36. The molecule has 4 saturated carbocycles. The van der Waals surface area contributed by atoms with E-state index in [9.17, 15) is 4.79 Å². The number of nitrogens with zero attached hydrogens (tertiary/aromatic N) is 2. The zero-order chi connectivity index (χ0) is 17.7. The first kappa shape index (κ1) is 17.5. The number of rotatable bonds is 6. The summed E-state index contributed by atoms with van der Waals surface area (Å²) in [6.45, 7) is 4.79. The third-order valence-corrected chi connectivity index (χ3v) is 7.25. The first-order valence-electron chi connectivity index (χ1n) is 9.67. The van der Waals surface area contributed by atoms with Gasteiger partial charge >= 0.3 is 0 Å². The Labute approximate surface area is 157 Å². The van der Waals surface area contributed by atoms with Crippen LogP contribution >= 0.6 is 15.9 Å². The molecule has 1 heterocycles. The van der Waals surface area contributed by atoms with Gasteiger partial charge in [-0.2, -0.15) is 4.98 Å². The number of carbonyl (C=O) groups excluding carboxylic acids is 1. The normalized spacial score (nSPS) is 36.2. The SMILES string of the molecule is CC(C)c1noc(CCCNC(=O)C23C[C@H]4C[C@@H](CC(Br)(C4)C2)C3)n1. The van der Waals surface area contributed by atoms with Gasteiger partial charge in [0.15, 0.2) is 5.82 Å². The summed E-state index contributed by atoms with van der Waals surface area (Å²) in [6.07, 6.45) is 8.60. The summed E-state index contributed by atoms with van der Waals surface area (Å²) in [5.74, 6) is 3.46. The van der Waals surface area contributed by atoms with E-state index in [1.54, 1.807) is 0 Å². The van der Waals surface area contributed by atoms with E-state index >= 15 is 0 Å². The van der Waals surface area contributed by atoms with Crippen LogP contribution in [0.1, 0.15) is 76.4 Å². The second-order valence-electron chi connectivity index (χ2n) is 8.95. The highest BCUT2D eigenvalue weighted by Crippen LogP contribution is 2.64. The van der Waals surface area contributed by atoms with Crippen LogP contribution in [0.2, 0.25) is 0 Å². The number of alkyl halides is 1. The topological polar surface area (TPSA) is 68.0 Å². The zero-order valence-corrected chi connectivity index (χ0v) is 16.8. The zero-order valence-electron chi connectivity index (χ0n) is 15.2. The molecule has 1 N–H and O–H groups in total. The maximum Gasteiger partial charge on any atom is 0.226 e. The van der Waals surface area contributed by atoms with Gasteiger partial charge in [-0.15, -0.1) is 0 Å². The third kappa shape index (κ3) is 3.38. The smallest absolute Gasteiger partial charge is 0.226 e. The van der Waals surface area contributed by atoms with Gasteiger partial charge in [0.25, 0.3) is 0 Å². The summed E-state index contributed by atoms with van der Waals surface area (Å²) < 4.78 is 5.49. The van der Waals surface area contributed by atoms with Crippen molar-refractivity contribution in [1.82, 2.24) is 15.5 Å². The van der Waals surface area contributed by atoms with Gasteiger partial charge in [-0.3, -0.25) is 4.79 Å². The minimum atomic E-state index is -0.122. The van der Waals surface area contributed by atoms with Gasteiger partial charge in [0.2, 0.25) is 11.8 Å². The van der Waals surface area contributed by atoms with Crippen molar-refractivity contribution >= 4 is 21.8 Å². The molecular weight excluding hydrogens is 382 g/mol. The maximum atomic E-state index is 13.0. The second-order valence-corrected chi connectivity index (χ2v) is 10.6. The summed E-state index contributed by atoms with van der Waals surface area (Å²) in [5.41, 5.74) is -0.122. The summed E-state index contributed by atoms with van der Waals surface area (Å²) in [4.78, 5) is 17.4. The summed E-state index contributed by atoms with van der Waals surface area (Å²) in [6, 6.07) is 0. The number of amides is 1. The maximum absolute atomic E-state index is 13.0. The molecule has 0 aliphatic heterocycles. The van der Waals surface area contributed by atoms with Crippen molar-refractivity contribution in [3.05, 3.63) is 11.7 Å². The molecule has 4 aliphatic rings. The molecule has 0 spiro atoms. The van der Waals surface area contributed by atoms with Crippen molar-refractivity contribution < 1.29 is 9.32 Å². The van der Waals surface area contributed by atoms with Crippen LogP contribution in [0.25, 0.3) is 0 Å². The molecule has 1 amide bonds. The Morgan fingerprint density at radius 2 is 2.04 bits per heavy atom. The molecule has 4 aliphatic carbocycles. The Morgan fingerprint density at radius 3 is 2.64 bits per heavy atom. The first-order valence-corrected chi connectivity index (χ1v) is 10.5. The Bertz CT molecular complexity index is 643. The predicted octanol–water partition coefficient (Wildman–Crippen LogP) is 3.98. The van der Waals surface area contributed by atoms with Gasteiger partial charge < -0.3 is 9.84 Å². The Kier molecular flexibility index (Phi) is 4.45. The molecule has 2 atom stereocenters. The van der Waals surface area contributed by atoms with Crippen LogP contribution in [0.4, 0.5) is 0 Å². The molecule has 4 bridgehead atoms. The van der Waals surface area contributed by atoms with E-state index in [1.165, 1.54) is 19.3 Å². The Morgan fingerprint density at radius 1 is 1.32 bits per heavy atom. The highest BCUT2D eigenvalue weighted by Gasteiger charge is 2.59. The number of aryl methyl sites for hydroxylation is 1. The molecule has 6 heteroatoms. The first-order chi connectivity index (χ1) is 11.9. The van der Waals surface area contributed by atoms with Gasteiger partial charge in [0.1, 0.15) is 0 Å². The van der Waals surface area contributed by atoms with Gasteiger partial charge in [-0.05, 0) is 56.8 Å². The van der Waals surface area contributed by atoms with Gasteiger partial charge in [0, 0.05) is 23.2 Å². The lowest BCUT2D eigenvalue weighted by Crippen LogP contribution is -2.58. The van der Waals surface area contributed by atoms with Gasteiger partial charge in [0.05, 0.1) is 5.41 Å². The number of halogens is 1. The summed E-state index contributed by atoms with van der Waals surface area (Å²) >= 11 is 3.98. The van der Waals surface area contributed by atoms with Crippen LogP contribution in [-0.4, -0.2) is 26.9 Å². The molecule has 1 aromatic heterocycles. The van der Waals surface area contributed by atoms with Crippen molar-refractivity contribution in [3.8, 4) is 0 Å². The monoisotopic (exact) mass is 409 g/mol. The number of hydrogen-bond donors (Lipinski definition) is 1. The molecule has 0 saturated heterocycles. The molecule has 1 aromatic rings. The number of aromatic nitrogens is 2. The molecule has 25 heavy (non-hydrogen) atoms. The van der Waals surface area contributed by atoms with E-state index in [1.807, 2.05) is 0 Å². The molecule has 0 unspecified atom stereocenters. The molecule has 0 aromatic carbocycles. The van der Waals surface area contributed by atoms with Gasteiger partial charge in [-0.1, -0.05) is 34.9 Å². The highest BCUT2D eigenvalue weighted by atomic mass is 79.9. The average molecular weight is 410 g/mol. The number of nitrogens with one attached hydrogen (secondary N) is 1. The van der Waals surface area contributed by atoms with E-state index in [-0.39, 0.29) is 21.6 Å². The minimum absolute atomic E-state index is 0.122. The third-order valence-electron chi connectivity index (χ3n) is 6.32. The van der Waals surface area contributed by atoms with Crippen LogP contribution in [0.15, 0.2) is 4.52 Å². The molecule has 5 nitrogen and oxygen atoms in total. The highest BCUT2D eigenvalue weighted by molar-refractivity contribution is 9.10. The lowest BCUT2D eigenvalue weighted by Gasteiger charge is -2.59. The van der Waals surface area contributed by atoms with E-state index in [0.29, 0.717) is 12.4 Å². The molecule has 4 fully saturated rings. The van der Waals surface area contributed by atoms with Crippen molar-refractivity contribution in [3.63, 3.8) is 0 Å². The molecule has 0 radical (unpaired) electrons. The molecule has 138 valence electrons. The van der Waals surface area contributed by atoms with Crippen LogP contribution in [0.5, 0.6) is 0 Å². The summed E-state index contributed by atoms with van der Waals surface area (Å²) in [7, 11) is 0. The standard InChI is InChI=1S/C19H28BrN3O2/c1-12(2)16-22-15(25-23-16)4-3-5-21-17(24)18-7-13-6-14(8-18)10-19(20,9-13)11-18/h12-14H,3-11H2,1-2H3,(H,21,24)/t13-,14-,18?,19?/m1/s1. The number of carbonyl (C=O) groups is 1. The van der Waals surface area contributed by atoms with Gasteiger partial charge in [-0.25, -0.2) is 0 Å². The van der Waals surface area contributed by atoms with E-state index in [0.717, 1.165) is 49.8 Å². The van der Waals surface area contributed by atoms with E-state index in [4.69, 9.17) is 4.52 Å². The predicted molar refractivity (Wildman–Crippen MR) is 98.5 cm³/mol. The van der Waals surface area contributed by atoms with Crippen molar-refractivity contribution in [1.29, 1.82) is 0 Å². The fourth-order valence-electron chi connectivity index (χ4n) is 5.65. The van der Waals surface area contributed by atoms with Crippen molar-refractivity contribution in [2.24, 2.45) is 17.3 Å². The lowest BCUT2D eigenvalue weighted by molar-refractivity contribution is -0.144. The number of hydrogen-bond acceptors (Lipinski definition) is 4. The average Bonchev–Trinajstić information content (AvgIpc) is 2.98. The van der Waals surface area contributed by atoms with Crippen LogP contribution in [0.3, 0.4) is 0 Å². The lowest BCUT2D eigenvalue weighted by atomic mass is 9.49.